The standard InChI is InChI=1S/C23H26N4O2/c1-15-5-4-10-26-14-20(24-22(15)26)23(28)27-12-17-11-25(2)21(19(17)13-27)16-6-8-18(29-3)9-7-16/h4-10,14,17,19,21H,11-13H2,1-3H3/t17-,19+,21-/m0/s1. The molecular formula is C23H26N4O2. The largest absolute Gasteiger partial charge is 0.497 e. The summed E-state index contributed by atoms with van der Waals surface area (Å²) in [4.78, 5) is 22.2. The molecule has 0 bridgehead atoms. The van der Waals surface area contributed by atoms with Crippen molar-refractivity contribution in [1.82, 2.24) is 19.2 Å². The lowest BCUT2D eigenvalue weighted by molar-refractivity contribution is 0.0762. The lowest BCUT2D eigenvalue weighted by Gasteiger charge is -2.26. The number of methoxy groups -OCH3 is 1. The SMILES string of the molecule is COc1ccc([C@H]2[C@@H]3CN(C(=O)c4cn5cccc(C)c5n4)C[C@@H]3CN2C)cc1. The summed E-state index contributed by atoms with van der Waals surface area (Å²) in [6.07, 6.45) is 3.80. The molecule has 0 aliphatic carbocycles. The van der Waals surface area contributed by atoms with Crippen LogP contribution in [-0.4, -0.2) is 58.9 Å². The number of benzene rings is 1. The number of rotatable bonds is 3. The molecule has 0 spiro atoms. The molecule has 1 amide bonds. The molecule has 2 saturated heterocycles. The molecule has 2 aliphatic rings. The highest BCUT2D eigenvalue weighted by Crippen LogP contribution is 2.44. The molecule has 6 nitrogen and oxygen atoms in total. The van der Waals surface area contributed by atoms with Gasteiger partial charge in [0, 0.05) is 44.0 Å². The van der Waals surface area contributed by atoms with Crippen molar-refractivity contribution in [3.8, 4) is 5.75 Å². The van der Waals surface area contributed by atoms with Crippen molar-refractivity contribution in [2.24, 2.45) is 11.8 Å². The van der Waals surface area contributed by atoms with Crippen LogP contribution in [0.25, 0.3) is 5.65 Å². The van der Waals surface area contributed by atoms with Crippen LogP contribution in [0.5, 0.6) is 5.75 Å². The van der Waals surface area contributed by atoms with Crippen LogP contribution in [-0.2, 0) is 0 Å². The van der Waals surface area contributed by atoms with Gasteiger partial charge in [-0.1, -0.05) is 18.2 Å². The number of pyridine rings is 1. The Kier molecular flexibility index (Phi) is 4.32. The van der Waals surface area contributed by atoms with Gasteiger partial charge in [-0.25, -0.2) is 4.98 Å². The van der Waals surface area contributed by atoms with Gasteiger partial charge < -0.3 is 14.0 Å². The number of aryl methyl sites for hydroxylation is 1. The summed E-state index contributed by atoms with van der Waals surface area (Å²) in [5.41, 5.74) is 3.75. The number of aromatic nitrogens is 2. The van der Waals surface area contributed by atoms with Gasteiger partial charge in [-0.2, -0.15) is 0 Å². The van der Waals surface area contributed by atoms with Crippen molar-refractivity contribution in [2.45, 2.75) is 13.0 Å². The smallest absolute Gasteiger partial charge is 0.274 e. The van der Waals surface area contributed by atoms with Gasteiger partial charge in [0.25, 0.3) is 5.91 Å². The third kappa shape index (κ3) is 2.99. The van der Waals surface area contributed by atoms with Crippen molar-refractivity contribution < 1.29 is 9.53 Å². The van der Waals surface area contributed by atoms with Crippen molar-refractivity contribution >= 4 is 11.6 Å². The number of carbonyl (C=O) groups is 1. The number of likely N-dealkylation sites (tertiary alicyclic amines) is 2. The Bertz CT molecular complexity index is 1060. The Morgan fingerprint density at radius 2 is 1.93 bits per heavy atom. The zero-order valence-electron chi connectivity index (χ0n) is 17.1. The normalized spacial score (nSPS) is 24.2. The Hall–Kier alpha value is -2.86. The van der Waals surface area contributed by atoms with E-state index in [9.17, 15) is 4.79 Å². The molecule has 0 unspecified atom stereocenters. The lowest BCUT2D eigenvalue weighted by atomic mass is 9.89. The molecule has 3 atom stereocenters. The quantitative estimate of drug-likeness (QED) is 0.690. The van der Waals surface area contributed by atoms with Crippen LogP contribution >= 0.6 is 0 Å². The van der Waals surface area contributed by atoms with Gasteiger partial charge in [-0.15, -0.1) is 0 Å². The van der Waals surface area contributed by atoms with E-state index in [2.05, 4.69) is 29.1 Å². The lowest BCUT2D eigenvalue weighted by Crippen LogP contribution is -2.33. The van der Waals surface area contributed by atoms with Gasteiger partial charge >= 0.3 is 0 Å². The Balaban J connectivity index is 1.38. The maximum absolute atomic E-state index is 13.2. The number of amides is 1. The molecule has 0 saturated carbocycles. The molecular weight excluding hydrogens is 364 g/mol. The third-order valence-electron chi connectivity index (χ3n) is 6.54. The number of imidazole rings is 1. The molecule has 5 rings (SSSR count). The molecule has 3 aromatic rings. The second kappa shape index (κ2) is 6.88. The molecule has 6 heteroatoms. The van der Waals surface area contributed by atoms with E-state index in [1.807, 2.05) is 52.9 Å². The van der Waals surface area contributed by atoms with E-state index in [4.69, 9.17) is 4.74 Å². The Morgan fingerprint density at radius 3 is 2.66 bits per heavy atom. The third-order valence-corrected chi connectivity index (χ3v) is 6.54. The van der Waals surface area contributed by atoms with E-state index in [1.54, 1.807) is 7.11 Å². The van der Waals surface area contributed by atoms with Crippen LogP contribution in [0.2, 0.25) is 0 Å². The first-order chi connectivity index (χ1) is 14.0. The van der Waals surface area contributed by atoms with Crippen LogP contribution in [0.1, 0.15) is 27.7 Å². The zero-order valence-corrected chi connectivity index (χ0v) is 17.1. The number of ether oxygens (including phenoxy) is 1. The van der Waals surface area contributed by atoms with Crippen molar-refractivity contribution in [3.05, 3.63) is 65.6 Å². The minimum atomic E-state index is 0.0404. The van der Waals surface area contributed by atoms with Gasteiger partial charge in [-0.05, 0) is 49.2 Å². The minimum Gasteiger partial charge on any atom is -0.497 e. The molecule has 150 valence electrons. The molecule has 2 aliphatic heterocycles. The van der Waals surface area contributed by atoms with Crippen molar-refractivity contribution in [3.63, 3.8) is 0 Å². The Morgan fingerprint density at radius 1 is 1.14 bits per heavy atom. The summed E-state index contributed by atoms with van der Waals surface area (Å²) in [5.74, 6) is 1.85. The average Bonchev–Trinajstić information content (AvgIpc) is 3.40. The first-order valence-electron chi connectivity index (χ1n) is 10.1. The van der Waals surface area contributed by atoms with E-state index < -0.39 is 0 Å². The topological polar surface area (TPSA) is 50.1 Å². The summed E-state index contributed by atoms with van der Waals surface area (Å²) in [6, 6.07) is 12.7. The fourth-order valence-electron chi connectivity index (χ4n) is 5.14. The van der Waals surface area contributed by atoms with Gasteiger partial charge in [0.05, 0.1) is 7.11 Å². The maximum atomic E-state index is 13.2. The highest BCUT2D eigenvalue weighted by molar-refractivity contribution is 5.93. The molecule has 0 N–H and O–H groups in total. The monoisotopic (exact) mass is 390 g/mol. The van der Waals surface area contributed by atoms with Crippen LogP contribution in [0, 0.1) is 18.8 Å². The Labute approximate surface area is 170 Å². The van der Waals surface area contributed by atoms with Gasteiger partial charge in [0.1, 0.15) is 17.1 Å². The summed E-state index contributed by atoms with van der Waals surface area (Å²) in [6.45, 7) is 4.60. The molecule has 4 heterocycles. The van der Waals surface area contributed by atoms with Crippen LogP contribution in [0.3, 0.4) is 0 Å². The summed E-state index contributed by atoms with van der Waals surface area (Å²) >= 11 is 0. The second-order valence-corrected chi connectivity index (χ2v) is 8.34. The fourth-order valence-corrected chi connectivity index (χ4v) is 5.14. The summed E-state index contributed by atoms with van der Waals surface area (Å²) < 4.78 is 7.24. The average molecular weight is 390 g/mol. The second-order valence-electron chi connectivity index (χ2n) is 8.34. The highest BCUT2D eigenvalue weighted by atomic mass is 16.5. The summed E-state index contributed by atoms with van der Waals surface area (Å²) in [7, 11) is 3.87. The molecule has 0 radical (unpaired) electrons. The minimum absolute atomic E-state index is 0.0404. The number of carbonyl (C=O) groups excluding carboxylic acids is 1. The zero-order chi connectivity index (χ0) is 20.1. The first-order valence-corrected chi connectivity index (χ1v) is 10.1. The predicted molar refractivity (Wildman–Crippen MR) is 111 cm³/mol. The van der Waals surface area contributed by atoms with E-state index in [1.165, 1.54) is 5.56 Å². The van der Waals surface area contributed by atoms with Crippen molar-refractivity contribution in [1.29, 1.82) is 0 Å². The molecule has 2 aromatic heterocycles. The predicted octanol–water partition coefficient (Wildman–Crippen LogP) is 3.03. The van der Waals surface area contributed by atoms with Gasteiger partial charge in [0.2, 0.25) is 0 Å². The number of fused-ring (bicyclic) bond motifs is 2. The molecule has 2 fully saturated rings. The van der Waals surface area contributed by atoms with E-state index >= 15 is 0 Å². The fraction of sp³-hybridized carbons (Fsp3) is 0.391. The van der Waals surface area contributed by atoms with Gasteiger partial charge in [0.15, 0.2) is 0 Å². The number of hydrogen-bond acceptors (Lipinski definition) is 4. The van der Waals surface area contributed by atoms with Crippen LogP contribution in [0.15, 0.2) is 48.8 Å². The van der Waals surface area contributed by atoms with E-state index in [-0.39, 0.29) is 5.91 Å². The number of hydrogen-bond donors (Lipinski definition) is 0. The first kappa shape index (κ1) is 18.2. The highest BCUT2D eigenvalue weighted by Gasteiger charge is 2.47. The number of nitrogens with zero attached hydrogens (tertiary/aromatic N) is 4. The van der Waals surface area contributed by atoms with E-state index in [0.717, 1.165) is 36.6 Å². The molecule has 1 aromatic carbocycles. The summed E-state index contributed by atoms with van der Waals surface area (Å²) in [5, 5.41) is 0. The van der Waals surface area contributed by atoms with Gasteiger partial charge in [-0.3, -0.25) is 9.69 Å². The van der Waals surface area contributed by atoms with Crippen LogP contribution < -0.4 is 4.74 Å². The van der Waals surface area contributed by atoms with Crippen LogP contribution in [0.4, 0.5) is 0 Å². The van der Waals surface area contributed by atoms with E-state index in [0.29, 0.717) is 23.6 Å². The van der Waals surface area contributed by atoms with Crippen molar-refractivity contribution in [2.75, 3.05) is 33.8 Å². The molecule has 29 heavy (non-hydrogen) atoms. The maximum Gasteiger partial charge on any atom is 0.274 e.